The summed E-state index contributed by atoms with van der Waals surface area (Å²) < 4.78 is 1.72. The van der Waals surface area contributed by atoms with Gasteiger partial charge in [0.2, 0.25) is 0 Å². The van der Waals surface area contributed by atoms with Gasteiger partial charge in [-0.05, 0) is 58.7 Å². The van der Waals surface area contributed by atoms with Crippen molar-refractivity contribution in [2.45, 2.75) is 26.9 Å². The molecule has 0 unspecified atom stereocenters. The predicted octanol–water partition coefficient (Wildman–Crippen LogP) is 5.38. The lowest BCUT2D eigenvalue weighted by molar-refractivity contribution is 0.450. The third kappa shape index (κ3) is 6.87. The van der Waals surface area contributed by atoms with Crippen LogP contribution in [0.2, 0.25) is 0 Å². The van der Waals surface area contributed by atoms with Crippen LogP contribution >= 0.6 is 46.0 Å². The standard InChI is InChI=1S/C19H23N3S4/c1-3-21(14-16-8-6-5-7-9-16)18(23)25-26-19(24)22(4-2)15-17-10-12-20-13-11-17/h5-13H,3-4,14-15H2,1-2H3. The Labute approximate surface area is 175 Å². The van der Waals surface area contributed by atoms with Crippen molar-refractivity contribution < 1.29 is 0 Å². The second-order valence-electron chi connectivity index (χ2n) is 5.57. The molecule has 1 heterocycles. The van der Waals surface area contributed by atoms with Crippen LogP contribution in [0.5, 0.6) is 0 Å². The van der Waals surface area contributed by atoms with Crippen LogP contribution in [0.15, 0.2) is 54.9 Å². The predicted molar refractivity (Wildman–Crippen MR) is 123 cm³/mol. The summed E-state index contributed by atoms with van der Waals surface area (Å²) in [5.74, 6) is 0. The van der Waals surface area contributed by atoms with Gasteiger partial charge in [0.15, 0.2) is 0 Å². The fourth-order valence-corrected chi connectivity index (χ4v) is 5.10. The van der Waals surface area contributed by atoms with E-state index in [1.54, 1.807) is 21.6 Å². The first-order valence-corrected chi connectivity index (χ1v) is 11.5. The molecule has 0 aliphatic heterocycles. The molecule has 1 aromatic carbocycles. The minimum absolute atomic E-state index is 0.791. The number of benzene rings is 1. The molecule has 0 atom stereocenters. The molecule has 0 amide bonds. The highest BCUT2D eigenvalue weighted by Gasteiger charge is 2.14. The molecule has 0 radical (unpaired) electrons. The van der Waals surface area contributed by atoms with E-state index in [1.807, 2.05) is 30.6 Å². The van der Waals surface area contributed by atoms with E-state index in [2.05, 4.69) is 52.9 Å². The van der Waals surface area contributed by atoms with Crippen LogP contribution in [-0.2, 0) is 13.1 Å². The highest BCUT2D eigenvalue weighted by atomic mass is 33.1. The van der Waals surface area contributed by atoms with Crippen LogP contribution in [0.1, 0.15) is 25.0 Å². The zero-order valence-electron chi connectivity index (χ0n) is 15.0. The molecule has 2 rings (SSSR count). The summed E-state index contributed by atoms with van der Waals surface area (Å²) in [6.45, 7) is 7.60. The topological polar surface area (TPSA) is 19.4 Å². The number of thiocarbonyl (C=S) groups is 2. The van der Waals surface area contributed by atoms with E-state index in [4.69, 9.17) is 24.4 Å². The molecule has 0 bridgehead atoms. The molecular weight excluding hydrogens is 398 g/mol. The Kier molecular flexibility index (Phi) is 9.39. The molecule has 0 spiro atoms. The van der Waals surface area contributed by atoms with Gasteiger partial charge in [0.1, 0.15) is 8.64 Å². The highest BCUT2D eigenvalue weighted by Crippen LogP contribution is 2.29. The molecule has 0 aliphatic carbocycles. The van der Waals surface area contributed by atoms with Gasteiger partial charge in [0.05, 0.1) is 0 Å². The molecule has 2 aromatic rings. The maximum Gasteiger partial charge on any atom is 0.147 e. The van der Waals surface area contributed by atoms with Crippen molar-refractivity contribution in [3.63, 3.8) is 0 Å². The summed E-state index contributed by atoms with van der Waals surface area (Å²) in [6.07, 6.45) is 3.62. The van der Waals surface area contributed by atoms with Gasteiger partial charge >= 0.3 is 0 Å². The molecule has 0 N–H and O–H groups in total. The van der Waals surface area contributed by atoms with E-state index >= 15 is 0 Å². The summed E-state index contributed by atoms with van der Waals surface area (Å²) in [5, 5.41) is 0. The van der Waals surface area contributed by atoms with E-state index in [0.29, 0.717) is 0 Å². The second-order valence-corrected chi connectivity index (χ2v) is 8.96. The largest absolute Gasteiger partial charge is 0.353 e. The van der Waals surface area contributed by atoms with E-state index in [1.165, 1.54) is 11.1 Å². The summed E-state index contributed by atoms with van der Waals surface area (Å²) in [4.78, 5) is 8.44. The van der Waals surface area contributed by atoms with Gasteiger partial charge in [0.25, 0.3) is 0 Å². The average Bonchev–Trinajstić information content (AvgIpc) is 2.69. The molecule has 0 saturated heterocycles. The van der Waals surface area contributed by atoms with Gasteiger partial charge in [-0.25, -0.2) is 0 Å². The van der Waals surface area contributed by atoms with Crippen molar-refractivity contribution in [1.29, 1.82) is 0 Å². The monoisotopic (exact) mass is 421 g/mol. The molecule has 26 heavy (non-hydrogen) atoms. The molecule has 0 aliphatic rings. The van der Waals surface area contributed by atoms with Crippen LogP contribution in [0, 0.1) is 0 Å². The summed E-state index contributed by atoms with van der Waals surface area (Å²) >= 11 is 11.2. The van der Waals surface area contributed by atoms with Crippen LogP contribution < -0.4 is 0 Å². The number of aromatic nitrogens is 1. The van der Waals surface area contributed by atoms with Gasteiger partial charge in [-0.2, -0.15) is 0 Å². The number of nitrogens with zero attached hydrogens (tertiary/aromatic N) is 3. The van der Waals surface area contributed by atoms with Crippen molar-refractivity contribution in [1.82, 2.24) is 14.8 Å². The zero-order chi connectivity index (χ0) is 18.8. The highest BCUT2D eigenvalue weighted by molar-refractivity contribution is 8.89. The quantitative estimate of drug-likeness (QED) is 0.455. The minimum atomic E-state index is 0.791. The first kappa shape index (κ1) is 21.2. The minimum Gasteiger partial charge on any atom is -0.353 e. The molecule has 0 saturated carbocycles. The molecule has 1 aromatic heterocycles. The molecule has 3 nitrogen and oxygen atoms in total. The third-order valence-electron chi connectivity index (χ3n) is 3.80. The normalized spacial score (nSPS) is 10.4. The Morgan fingerprint density at radius 3 is 1.73 bits per heavy atom. The summed E-state index contributed by atoms with van der Waals surface area (Å²) in [5.41, 5.74) is 2.47. The molecule has 7 heteroatoms. The van der Waals surface area contributed by atoms with E-state index in [-0.39, 0.29) is 0 Å². The Balaban J connectivity index is 1.86. The van der Waals surface area contributed by atoms with Gasteiger partial charge in [-0.3, -0.25) is 4.98 Å². The first-order valence-electron chi connectivity index (χ1n) is 8.49. The van der Waals surface area contributed by atoms with E-state index in [9.17, 15) is 0 Å². The molecule has 138 valence electrons. The van der Waals surface area contributed by atoms with Gasteiger partial charge in [-0.15, -0.1) is 0 Å². The fourth-order valence-electron chi connectivity index (χ4n) is 2.30. The lowest BCUT2D eigenvalue weighted by Gasteiger charge is -2.25. The average molecular weight is 422 g/mol. The van der Waals surface area contributed by atoms with Crippen molar-refractivity contribution in [3.05, 3.63) is 66.0 Å². The molecular formula is C19H23N3S4. The van der Waals surface area contributed by atoms with Crippen LogP contribution in [-0.4, -0.2) is 36.5 Å². The van der Waals surface area contributed by atoms with Crippen molar-refractivity contribution in [3.8, 4) is 0 Å². The van der Waals surface area contributed by atoms with Gasteiger partial charge in [-0.1, -0.05) is 54.8 Å². The van der Waals surface area contributed by atoms with E-state index in [0.717, 1.165) is 34.8 Å². The fraction of sp³-hybridized carbons (Fsp3) is 0.316. The maximum atomic E-state index is 5.63. The van der Waals surface area contributed by atoms with Gasteiger partial charge in [0, 0.05) is 38.6 Å². The lowest BCUT2D eigenvalue weighted by atomic mass is 10.2. The zero-order valence-corrected chi connectivity index (χ0v) is 18.3. The Bertz CT molecular complexity index is 633. The first-order chi connectivity index (χ1) is 12.6. The van der Waals surface area contributed by atoms with Crippen molar-refractivity contribution in [2.75, 3.05) is 13.1 Å². The van der Waals surface area contributed by atoms with Crippen molar-refractivity contribution in [2.24, 2.45) is 0 Å². The second kappa shape index (κ2) is 11.5. The lowest BCUT2D eigenvalue weighted by Crippen LogP contribution is -2.28. The smallest absolute Gasteiger partial charge is 0.147 e. The number of hydrogen-bond acceptors (Lipinski definition) is 5. The van der Waals surface area contributed by atoms with Crippen LogP contribution in [0.4, 0.5) is 0 Å². The Morgan fingerprint density at radius 2 is 1.27 bits per heavy atom. The van der Waals surface area contributed by atoms with Crippen LogP contribution in [0.25, 0.3) is 0 Å². The van der Waals surface area contributed by atoms with Gasteiger partial charge < -0.3 is 9.80 Å². The van der Waals surface area contributed by atoms with Crippen LogP contribution in [0.3, 0.4) is 0 Å². The van der Waals surface area contributed by atoms with E-state index < -0.39 is 0 Å². The Morgan fingerprint density at radius 1 is 0.808 bits per heavy atom. The summed E-state index contributed by atoms with van der Waals surface area (Å²) in [7, 11) is 3.14. The number of rotatable bonds is 6. The number of hydrogen-bond donors (Lipinski definition) is 0. The third-order valence-corrected chi connectivity index (χ3v) is 7.53. The maximum absolute atomic E-state index is 5.63. The van der Waals surface area contributed by atoms with Crippen molar-refractivity contribution >= 4 is 54.7 Å². The molecule has 0 fully saturated rings. The summed E-state index contributed by atoms with van der Waals surface area (Å²) in [6, 6.07) is 14.4. The Hall–Kier alpha value is -1.15. The SMILES string of the molecule is CCN(Cc1ccccc1)C(=S)SSC(=S)N(CC)Cc1ccncc1. The number of pyridine rings is 1.